The molecule has 0 saturated carbocycles. The highest BCUT2D eigenvalue weighted by molar-refractivity contribution is 5.66. The van der Waals surface area contributed by atoms with Crippen molar-refractivity contribution in [3.05, 3.63) is 52.6 Å². The van der Waals surface area contributed by atoms with Gasteiger partial charge in [0, 0.05) is 20.0 Å². The van der Waals surface area contributed by atoms with Crippen molar-refractivity contribution in [1.29, 1.82) is 0 Å². The molecule has 1 aliphatic heterocycles. The molecule has 6 heteroatoms. The maximum atomic E-state index is 11.3. The molecule has 1 heterocycles. The predicted molar refractivity (Wildman–Crippen MR) is 127 cm³/mol. The van der Waals surface area contributed by atoms with Gasteiger partial charge in [-0.2, -0.15) is 0 Å². The monoisotopic (exact) mass is 438 g/mol. The molecule has 0 radical (unpaired) electrons. The molecule has 0 N–H and O–H groups in total. The number of esters is 1. The van der Waals surface area contributed by atoms with E-state index in [0.29, 0.717) is 6.61 Å². The molecule has 6 nitrogen and oxygen atoms in total. The van der Waals surface area contributed by atoms with Crippen molar-refractivity contribution < 1.29 is 19.0 Å². The minimum atomic E-state index is -0.266. The third-order valence-corrected chi connectivity index (χ3v) is 5.79. The topological polar surface area (TPSA) is 60.4 Å². The first kappa shape index (κ1) is 23.6. The van der Waals surface area contributed by atoms with E-state index in [9.17, 15) is 4.79 Å². The molecule has 2 aromatic rings. The van der Waals surface area contributed by atoms with Crippen molar-refractivity contribution >= 4 is 18.0 Å². The Morgan fingerprint density at radius 2 is 1.81 bits per heavy atom. The third kappa shape index (κ3) is 6.25. The Kier molecular flexibility index (Phi) is 8.54. The summed E-state index contributed by atoms with van der Waals surface area (Å²) in [7, 11) is 3.32. The molecule has 3 rings (SSSR count). The summed E-state index contributed by atoms with van der Waals surface area (Å²) in [6, 6.07) is 10.3. The molecule has 1 aliphatic rings. The van der Waals surface area contributed by atoms with Gasteiger partial charge in [-0.3, -0.25) is 4.79 Å². The van der Waals surface area contributed by atoms with Crippen LogP contribution in [0.25, 0.3) is 0 Å². The Morgan fingerprint density at radius 1 is 1.06 bits per heavy atom. The summed E-state index contributed by atoms with van der Waals surface area (Å²) in [5.41, 5.74) is 5.64. The van der Waals surface area contributed by atoms with Crippen LogP contribution in [-0.2, 0) is 35.5 Å². The lowest BCUT2D eigenvalue weighted by molar-refractivity contribution is -0.142. The molecule has 2 aromatic carbocycles. The van der Waals surface area contributed by atoms with Gasteiger partial charge in [0.1, 0.15) is 6.61 Å². The van der Waals surface area contributed by atoms with E-state index in [-0.39, 0.29) is 5.97 Å². The van der Waals surface area contributed by atoms with Crippen molar-refractivity contribution in [3.8, 4) is 11.5 Å². The van der Waals surface area contributed by atoms with Crippen LogP contribution in [0.5, 0.6) is 11.5 Å². The lowest BCUT2D eigenvalue weighted by Gasteiger charge is -2.27. The molecule has 32 heavy (non-hydrogen) atoms. The quantitative estimate of drug-likeness (QED) is 0.220. The van der Waals surface area contributed by atoms with Gasteiger partial charge < -0.3 is 19.1 Å². The Balaban J connectivity index is 1.72. The van der Waals surface area contributed by atoms with Crippen LogP contribution in [0.3, 0.4) is 0 Å². The molecule has 0 atom stereocenters. The highest BCUT2D eigenvalue weighted by Gasteiger charge is 2.18. The van der Waals surface area contributed by atoms with Crippen LogP contribution in [0.2, 0.25) is 0 Å². The zero-order chi connectivity index (χ0) is 22.9. The lowest BCUT2D eigenvalue weighted by atomic mass is 9.99. The Morgan fingerprint density at radius 3 is 2.50 bits per heavy atom. The number of aliphatic imine (C=N–C) groups is 1. The van der Waals surface area contributed by atoms with E-state index in [1.807, 2.05) is 18.5 Å². The van der Waals surface area contributed by atoms with Crippen LogP contribution in [0.1, 0.15) is 55.4 Å². The number of hydrogen-bond acceptors (Lipinski definition) is 5. The van der Waals surface area contributed by atoms with Gasteiger partial charge in [-0.1, -0.05) is 25.8 Å². The normalized spacial score (nSPS) is 13.2. The third-order valence-electron chi connectivity index (χ3n) is 5.79. The summed E-state index contributed by atoms with van der Waals surface area (Å²) < 4.78 is 16.2. The molecule has 0 fully saturated rings. The standard InChI is InChI=1S/C26H34N2O4/c1-5-6-7-8-20-9-10-24(13-23(20)17-32-19(2)29)27-18-28-12-11-21-14-25(30-3)26(31-4)15-22(21)16-28/h9-10,13-15,18H,5-8,11-12,16-17H2,1-4H3/b27-18+. The average molecular weight is 439 g/mol. The molecule has 0 bridgehead atoms. The smallest absolute Gasteiger partial charge is 0.302 e. The van der Waals surface area contributed by atoms with Crippen molar-refractivity contribution in [2.45, 2.75) is 59.1 Å². The number of methoxy groups -OCH3 is 2. The first-order valence-corrected chi connectivity index (χ1v) is 11.3. The minimum absolute atomic E-state index is 0.266. The van der Waals surface area contributed by atoms with Crippen LogP contribution in [0.15, 0.2) is 35.3 Å². The second kappa shape index (κ2) is 11.6. The van der Waals surface area contributed by atoms with Crippen LogP contribution in [0.4, 0.5) is 5.69 Å². The maximum Gasteiger partial charge on any atom is 0.302 e. The van der Waals surface area contributed by atoms with Gasteiger partial charge in [0.05, 0.1) is 26.2 Å². The van der Waals surface area contributed by atoms with E-state index in [1.165, 1.54) is 36.5 Å². The number of benzene rings is 2. The number of rotatable bonds is 10. The number of unbranched alkanes of at least 4 members (excludes halogenated alkanes) is 2. The van der Waals surface area contributed by atoms with Crippen LogP contribution >= 0.6 is 0 Å². The zero-order valence-corrected chi connectivity index (χ0v) is 19.6. The Hall–Kier alpha value is -3.02. The number of aryl methyl sites for hydroxylation is 1. The number of nitrogens with zero attached hydrogens (tertiary/aromatic N) is 2. The van der Waals surface area contributed by atoms with Gasteiger partial charge in [0.15, 0.2) is 11.5 Å². The second-order valence-corrected chi connectivity index (χ2v) is 8.13. The summed E-state index contributed by atoms with van der Waals surface area (Å²) in [6.07, 6.45) is 7.33. The SMILES string of the molecule is CCCCCc1ccc(/N=C/N2CCc3cc(OC)c(OC)cc3C2)cc1COC(C)=O. The summed E-state index contributed by atoms with van der Waals surface area (Å²) in [5.74, 6) is 1.25. The fourth-order valence-electron chi connectivity index (χ4n) is 3.97. The number of carbonyl (C=O) groups is 1. The Labute approximate surface area is 191 Å². The van der Waals surface area contributed by atoms with Crippen molar-refractivity contribution in [1.82, 2.24) is 4.90 Å². The first-order valence-electron chi connectivity index (χ1n) is 11.3. The van der Waals surface area contributed by atoms with Gasteiger partial charge in [0.25, 0.3) is 0 Å². The molecule has 0 aliphatic carbocycles. The average Bonchev–Trinajstić information content (AvgIpc) is 2.81. The summed E-state index contributed by atoms with van der Waals surface area (Å²) >= 11 is 0. The number of hydrogen-bond donors (Lipinski definition) is 0. The second-order valence-electron chi connectivity index (χ2n) is 8.13. The molecular formula is C26H34N2O4. The fraction of sp³-hybridized carbons (Fsp3) is 0.462. The zero-order valence-electron chi connectivity index (χ0n) is 19.6. The van der Waals surface area contributed by atoms with E-state index >= 15 is 0 Å². The minimum Gasteiger partial charge on any atom is -0.493 e. The fourth-order valence-corrected chi connectivity index (χ4v) is 3.97. The van der Waals surface area contributed by atoms with Crippen LogP contribution in [-0.4, -0.2) is 38.0 Å². The van der Waals surface area contributed by atoms with Gasteiger partial charge >= 0.3 is 5.97 Å². The van der Waals surface area contributed by atoms with Crippen molar-refractivity contribution in [2.75, 3.05) is 20.8 Å². The van der Waals surface area contributed by atoms with Gasteiger partial charge in [-0.25, -0.2) is 4.99 Å². The van der Waals surface area contributed by atoms with E-state index in [1.54, 1.807) is 14.2 Å². The summed E-state index contributed by atoms with van der Waals surface area (Å²) in [4.78, 5) is 18.2. The maximum absolute atomic E-state index is 11.3. The van der Waals surface area contributed by atoms with Crippen molar-refractivity contribution in [2.24, 2.45) is 4.99 Å². The number of fused-ring (bicyclic) bond motifs is 1. The molecular weight excluding hydrogens is 404 g/mol. The van der Waals surface area contributed by atoms with E-state index in [2.05, 4.69) is 30.0 Å². The predicted octanol–water partition coefficient (Wildman–Crippen LogP) is 5.22. The highest BCUT2D eigenvalue weighted by Crippen LogP contribution is 2.33. The first-order chi connectivity index (χ1) is 15.5. The van der Waals surface area contributed by atoms with Gasteiger partial charge in [-0.15, -0.1) is 0 Å². The van der Waals surface area contributed by atoms with Crippen molar-refractivity contribution in [3.63, 3.8) is 0 Å². The van der Waals surface area contributed by atoms with E-state index in [0.717, 1.165) is 55.1 Å². The largest absolute Gasteiger partial charge is 0.493 e. The molecule has 0 amide bonds. The molecule has 0 saturated heterocycles. The summed E-state index contributed by atoms with van der Waals surface area (Å²) in [5, 5.41) is 0. The molecule has 0 aromatic heterocycles. The Bertz CT molecular complexity index is 955. The van der Waals surface area contributed by atoms with Crippen LogP contribution < -0.4 is 9.47 Å². The number of carbonyl (C=O) groups excluding carboxylic acids is 1. The van der Waals surface area contributed by atoms with Gasteiger partial charge in [-0.05, 0) is 65.8 Å². The lowest BCUT2D eigenvalue weighted by Crippen LogP contribution is -2.29. The van der Waals surface area contributed by atoms with Gasteiger partial charge in [0.2, 0.25) is 0 Å². The highest BCUT2D eigenvalue weighted by atomic mass is 16.5. The summed E-state index contributed by atoms with van der Waals surface area (Å²) in [6.45, 7) is 5.59. The van der Waals surface area contributed by atoms with Crippen LogP contribution in [0, 0.1) is 0 Å². The molecule has 172 valence electrons. The molecule has 0 spiro atoms. The number of ether oxygens (including phenoxy) is 3. The molecule has 0 unspecified atom stereocenters. The van der Waals surface area contributed by atoms with E-state index < -0.39 is 0 Å². The van der Waals surface area contributed by atoms with E-state index in [4.69, 9.17) is 19.2 Å².